The summed E-state index contributed by atoms with van der Waals surface area (Å²) in [6.45, 7) is 2.68. The molecule has 3 rings (SSSR count). The molecule has 3 N–H and O–H groups in total. The highest BCUT2D eigenvalue weighted by Crippen LogP contribution is 2.32. The predicted octanol–water partition coefficient (Wildman–Crippen LogP) is 3.11. The van der Waals surface area contributed by atoms with Crippen LogP contribution in [0.4, 0.5) is 0 Å². The number of amides is 1. The summed E-state index contributed by atoms with van der Waals surface area (Å²) in [6.07, 6.45) is 2.35. The van der Waals surface area contributed by atoms with Crippen molar-refractivity contribution in [3.8, 4) is 11.3 Å². The summed E-state index contributed by atoms with van der Waals surface area (Å²) in [5.74, 6) is -0.0286. The zero-order valence-electron chi connectivity index (χ0n) is 12.9. The Labute approximate surface area is 152 Å². The van der Waals surface area contributed by atoms with E-state index in [1.54, 1.807) is 11.3 Å². The van der Waals surface area contributed by atoms with Gasteiger partial charge in [0.1, 0.15) is 0 Å². The highest BCUT2D eigenvalue weighted by Gasteiger charge is 2.45. The second-order valence-corrected chi connectivity index (χ2v) is 6.83. The largest absolute Gasteiger partial charge is 0.354 e. The fraction of sp³-hybridized carbons (Fsp3) is 0.375. The molecule has 0 spiro atoms. The predicted molar refractivity (Wildman–Crippen MR) is 99.6 cm³/mol. The van der Waals surface area contributed by atoms with Crippen molar-refractivity contribution in [3.05, 3.63) is 40.2 Å². The minimum Gasteiger partial charge on any atom is -0.354 e. The van der Waals surface area contributed by atoms with Gasteiger partial charge in [-0.05, 0) is 19.8 Å². The molecule has 0 atom stereocenters. The molecule has 0 unspecified atom stereocenters. The molecule has 1 aromatic heterocycles. The maximum Gasteiger partial charge on any atom is 0.240 e. The molecule has 1 saturated carbocycles. The Morgan fingerprint density at radius 1 is 1.30 bits per heavy atom. The van der Waals surface area contributed by atoms with Crippen molar-refractivity contribution in [2.24, 2.45) is 5.73 Å². The number of benzene rings is 1. The van der Waals surface area contributed by atoms with E-state index in [9.17, 15) is 4.79 Å². The molecule has 1 amide bonds. The number of rotatable bonds is 5. The highest BCUT2D eigenvalue weighted by molar-refractivity contribution is 7.12. The van der Waals surface area contributed by atoms with Crippen LogP contribution in [-0.4, -0.2) is 23.0 Å². The number of hydrogen-bond donors (Lipinski definition) is 2. The van der Waals surface area contributed by atoms with Crippen LogP contribution >= 0.6 is 36.2 Å². The Morgan fingerprint density at radius 3 is 2.57 bits per heavy atom. The van der Waals surface area contributed by atoms with Gasteiger partial charge in [-0.25, -0.2) is 4.98 Å². The Bertz CT molecular complexity index is 657. The van der Waals surface area contributed by atoms with E-state index >= 15 is 0 Å². The third kappa shape index (κ3) is 4.67. The standard InChI is InChI=1S/C16H19N3OS.2ClH/c1-11-14(12-5-3-2-4-6-12)19-13(21-11)7-10-18-15(20)16(17)8-9-16;;/h2-6H,7-10,17H2,1H3,(H,18,20);2*1H. The first-order valence-corrected chi connectivity index (χ1v) is 7.99. The van der Waals surface area contributed by atoms with E-state index in [1.165, 1.54) is 4.88 Å². The molecule has 2 aromatic rings. The van der Waals surface area contributed by atoms with Crippen molar-refractivity contribution in [2.75, 3.05) is 6.54 Å². The highest BCUT2D eigenvalue weighted by atomic mass is 35.5. The van der Waals surface area contributed by atoms with Crippen molar-refractivity contribution >= 4 is 42.1 Å². The smallest absolute Gasteiger partial charge is 0.240 e. The summed E-state index contributed by atoms with van der Waals surface area (Å²) in [5.41, 5.74) is 7.44. The maximum absolute atomic E-state index is 11.8. The fourth-order valence-corrected chi connectivity index (χ4v) is 3.20. The van der Waals surface area contributed by atoms with E-state index in [4.69, 9.17) is 10.7 Å². The van der Waals surface area contributed by atoms with Crippen molar-refractivity contribution < 1.29 is 4.79 Å². The Morgan fingerprint density at radius 2 is 1.96 bits per heavy atom. The molecule has 7 heteroatoms. The van der Waals surface area contributed by atoms with Crippen molar-refractivity contribution in [3.63, 3.8) is 0 Å². The van der Waals surface area contributed by atoms with Crippen molar-refractivity contribution in [1.29, 1.82) is 0 Å². The maximum atomic E-state index is 11.8. The van der Waals surface area contributed by atoms with Gasteiger partial charge >= 0.3 is 0 Å². The number of carbonyl (C=O) groups excluding carboxylic acids is 1. The number of hydrogen-bond acceptors (Lipinski definition) is 4. The van der Waals surface area contributed by atoms with Crippen LogP contribution in [0.5, 0.6) is 0 Å². The van der Waals surface area contributed by atoms with Crippen LogP contribution in [0.3, 0.4) is 0 Å². The van der Waals surface area contributed by atoms with E-state index < -0.39 is 5.54 Å². The number of nitrogens with two attached hydrogens (primary N) is 1. The summed E-state index contributed by atoms with van der Waals surface area (Å²) in [4.78, 5) is 17.7. The summed E-state index contributed by atoms with van der Waals surface area (Å²) in [5, 5.41) is 3.95. The number of carbonyl (C=O) groups is 1. The van der Waals surface area contributed by atoms with Gasteiger partial charge in [0, 0.05) is 23.4 Å². The summed E-state index contributed by atoms with van der Waals surface area (Å²) in [6, 6.07) is 10.2. The number of aromatic nitrogens is 1. The van der Waals surface area contributed by atoms with Crippen LogP contribution in [0.25, 0.3) is 11.3 Å². The van der Waals surface area contributed by atoms with Gasteiger partial charge in [0.05, 0.1) is 16.2 Å². The molecule has 0 saturated heterocycles. The lowest BCUT2D eigenvalue weighted by molar-refractivity contribution is -0.123. The Kier molecular flexibility index (Phi) is 7.02. The lowest BCUT2D eigenvalue weighted by Gasteiger charge is -2.08. The van der Waals surface area contributed by atoms with Crippen LogP contribution in [-0.2, 0) is 11.2 Å². The number of nitrogens with one attached hydrogen (secondary N) is 1. The van der Waals surface area contributed by atoms with E-state index in [0.29, 0.717) is 6.54 Å². The first kappa shape index (κ1) is 19.9. The fourth-order valence-electron chi connectivity index (χ4n) is 2.24. The molecular formula is C16H21Cl2N3OS. The Balaban J connectivity index is 0.00000132. The summed E-state index contributed by atoms with van der Waals surface area (Å²) < 4.78 is 0. The molecular weight excluding hydrogens is 353 g/mol. The molecule has 4 nitrogen and oxygen atoms in total. The van der Waals surface area contributed by atoms with Gasteiger partial charge in [-0.3, -0.25) is 4.79 Å². The lowest BCUT2D eigenvalue weighted by Crippen LogP contribution is -2.43. The molecule has 1 aliphatic carbocycles. The second kappa shape index (κ2) is 8.11. The minimum absolute atomic E-state index is 0. The molecule has 1 heterocycles. The van der Waals surface area contributed by atoms with Gasteiger partial charge in [0.2, 0.25) is 5.91 Å². The molecule has 126 valence electrons. The van der Waals surface area contributed by atoms with Crippen LogP contribution in [0.2, 0.25) is 0 Å². The quantitative estimate of drug-likeness (QED) is 0.845. The molecule has 0 radical (unpaired) electrons. The van der Waals surface area contributed by atoms with Crippen LogP contribution < -0.4 is 11.1 Å². The SMILES string of the molecule is Cc1sc(CCNC(=O)C2(N)CC2)nc1-c1ccccc1.Cl.Cl. The van der Waals surface area contributed by atoms with Crippen molar-refractivity contribution in [1.82, 2.24) is 10.3 Å². The molecule has 0 bridgehead atoms. The molecule has 1 fully saturated rings. The minimum atomic E-state index is -0.589. The topological polar surface area (TPSA) is 68.0 Å². The first-order valence-electron chi connectivity index (χ1n) is 7.17. The third-order valence-electron chi connectivity index (χ3n) is 3.75. The summed E-state index contributed by atoms with van der Waals surface area (Å²) >= 11 is 1.69. The molecule has 23 heavy (non-hydrogen) atoms. The van der Waals surface area contributed by atoms with Crippen LogP contribution in [0.15, 0.2) is 30.3 Å². The Hall–Kier alpha value is -1.14. The zero-order valence-corrected chi connectivity index (χ0v) is 15.3. The van der Waals surface area contributed by atoms with Crippen molar-refractivity contribution in [2.45, 2.75) is 31.7 Å². The lowest BCUT2D eigenvalue weighted by atomic mass is 10.1. The van der Waals surface area contributed by atoms with Gasteiger partial charge in [0.25, 0.3) is 0 Å². The zero-order chi connectivity index (χ0) is 14.9. The normalized spacial score (nSPS) is 14.3. The number of aryl methyl sites for hydroxylation is 1. The van der Waals surface area contributed by atoms with E-state index in [2.05, 4.69) is 24.4 Å². The molecule has 1 aliphatic rings. The van der Waals surface area contributed by atoms with E-state index in [0.717, 1.165) is 35.5 Å². The average Bonchev–Trinajstić information content (AvgIpc) is 3.13. The number of nitrogens with zero attached hydrogens (tertiary/aromatic N) is 1. The second-order valence-electron chi connectivity index (χ2n) is 5.54. The van der Waals surface area contributed by atoms with Gasteiger partial charge in [-0.1, -0.05) is 30.3 Å². The van der Waals surface area contributed by atoms with Crippen LogP contribution in [0.1, 0.15) is 22.7 Å². The van der Waals surface area contributed by atoms with E-state index in [-0.39, 0.29) is 30.7 Å². The van der Waals surface area contributed by atoms with E-state index in [1.807, 2.05) is 18.2 Å². The van der Waals surface area contributed by atoms with Gasteiger partial charge < -0.3 is 11.1 Å². The van der Waals surface area contributed by atoms with Gasteiger partial charge in [-0.15, -0.1) is 36.2 Å². The molecule has 1 aromatic carbocycles. The molecule has 0 aliphatic heterocycles. The van der Waals surface area contributed by atoms with Gasteiger partial charge in [-0.2, -0.15) is 0 Å². The van der Waals surface area contributed by atoms with Gasteiger partial charge in [0.15, 0.2) is 0 Å². The summed E-state index contributed by atoms with van der Waals surface area (Å²) in [7, 11) is 0. The number of halogens is 2. The average molecular weight is 374 g/mol. The van der Waals surface area contributed by atoms with Crippen LogP contribution in [0, 0.1) is 6.92 Å². The first-order chi connectivity index (χ1) is 10.1. The monoisotopic (exact) mass is 373 g/mol. The number of thiazole rings is 1. The third-order valence-corrected chi connectivity index (χ3v) is 4.78.